The Morgan fingerprint density at radius 2 is 1.65 bits per heavy atom. The van der Waals surface area contributed by atoms with E-state index in [4.69, 9.17) is 11.6 Å². The topological polar surface area (TPSA) is 101 Å². The minimum absolute atomic E-state index is 0.0480. The third-order valence-electron chi connectivity index (χ3n) is 16.5. The normalized spacial score (nSPS) is 41.6. The molecule has 0 aliphatic heterocycles. The molecule has 278 valence electrons. The molecule has 0 heterocycles. The maximum atomic E-state index is 13.9. The van der Waals surface area contributed by atoms with Crippen molar-refractivity contribution in [1.29, 1.82) is 0 Å². The average Bonchev–Trinajstić information content (AvgIpc) is 3.37. The largest absolute Gasteiger partial charge is 0.481 e. The SMILES string of the molecule is CC(C)C1=C2C3CCC4C(C)(CCC5C(C)C(CC(=O)C6CC(C(=O)O)C6C)CCC54C)C3CCC2(CCNC(=O)c2cccc(Cl)c2)CC1=O. The molecule has 51 heavy (non-hydrogen) atoms. The van der Waals surface area contributed by atoms with E-state index in [1.807, 2.05) is 6.92 Å². The van der Waals surface area contributed by atoms with Gasteiger partial charge in [-0.25, -0.2) is 0 Å². The van der Waals surface area contributed by atoms with Crippen LogP contribution in [0.15, 0.2) is 35.4 Å². The summed E-state index contributed by atoms with van der Waals surface area (Å²) in [5.41, 5.74) is 3.44. The number of carboxylic acids is 1. The van der Waals surface area contributed by atoms with E-state index in [0.717, 1.165) is 37.7 Å². The molecule has 1 aromatic rings. The zero-order valence-electron chi connectivity index (χ0n) is 31.7. The van der Waals surface area contributed by atoms with Gasteiger partial charge in [0.25, 0.3) is 5.91 Å². The number of carboxylic acid groups (broad SMARTS) is 1. The highest BCUT2D eigenvalue weighted by Crippen LogP contribution is 2.72. The lowest BCUT2D eigenvalue weighted by molar-refractivity contribution is -0.172. The molecule has 7 rings (SSSR count). The van der Waals surface area contributed by atoms with Crippen molar-refractivity contribution in [2.75, 3.05) is 6.54 Å². The van der Waals surface area contributed by atoms with E-state index in [2.05, 4.69) is 39.9 Å². The molecular weight excluding hydrogens is 658 g/mol. The van der Waals surface area contributed by atoms with E-state index in [1.165, 1.54) is 31.3 Å². The molecule has 0 radical (unpaired) electrons. The lowest BCUT2D eigenvalue weighted by atomic mass is 9.37. The van der Waals surface area contributed by atoms with Crippen LogP contribution in [0.5, 0.6) is 0 Å². The number of fused-ring (bicyclic) bond motifs is 7. The molecule has 0 saturated heterocycles. The first kappa shape index (κ1) is 36.9. The van der Waals surface area contributed by atoms with Crippen molar-refractivity contribution < 1.29 is 24.3 Å². The van der Waals surface area contributed by atoms with Crippen LogP contribution in [-0.2, 0) is 14.4 Å². The highest BCUT2D eigenvalue weighted by Gasteiger charge is 2.64. The summed E-state index contributed by atoms with van der Waals surface area (Å²) in [5.74, 6) is 2.59. The van der Waals surface area contributed by atoms with Crippen LogP contribution in [0.25, 0.3) is 0 Å². The highest BCUT2D eigenvalue weighted by molar-refractivity contribution is 6.31. The number of aliphatic carboxylic acids is 1. The van der Waals surface area contributed by atoms with Crippen LogP contribution in [-0.4, -0.2) is 35.1 Å². The number of Topliss-reactive ketones (excluding diaryl/α,β-unsaturated/α-hetero) is 2. The van der Waals surface area contributed by atoms with Crippen LogP contribution in [0.1, 0.15) is 129 Å². The molecule has 6 aliphatic carbocycles. The van der Waals surface area contributed by atoms with Crippen molar-refractivity contribution in [2.24, 2.45) is 75.4 Å². The van der Waals surface area contributed by atoms with Crippen molar-refractivity contribution in [2.45, 2.75) is 119 Å². The Labute approximate surface area is 310 Å². The molecule has 6 aliphatic rings. The van der Waals surface area contributed by atoms with Gasteiger partial charge in [0.15, 0.2) is 5.78 Å². The van der Waals surface area contributed by atoms with Crippen LogP contribution < -0.4 is 5.32 Å². The molecule has 1 aromatic carbocycles. The number of ketones is 2. The first-order valence-corrected chi connectivity index (χ1v) is 20.6. The number of amides is 1. The van der Waals surface area contributed by atoms with Gasteiger partial charge in [-0.3, -0.25) is 19.2 Å². The van der Waals surface area contributed by atoms with Crippen LogP contribution in [0.4, 0.5) is 0 Å². The molecule has 2 N–H and O–H groups in total. The quantitative estimate of drug-likeness (QED) is 0.265. The molecule has 0 aromatic heterocycles. The number of hydrogen-bond acceptors (Lipinski definition) is 4. The third kappa shape index (κ3) is 5.96. The molecule has 6 nitrogen and oxygen atoms in total. The first-order chi connectivity index (χ1) is 24.1. The number of nitrogens with one attached hydrogen (secondary N) is 1. The van der Waals surface area contributed by atoms with Gasteiger partial charge in [-0.05, 0) is 146 Å². The number of allylic oxidation sites excluding steroid dienone is 2. The molecule has 5 fully saturated rings. The number of benzene rings is 1. The molecule has 0 bridgehead atoms. The molecule has 7 heteroatoms. The Hall–Kier alpha value is -2.47. The van der Waals surface area contributed by atoms with E-state index in [-0.39, 0.29) is 45.8 Å². The van der Waals surface area contributed by atoms with Gasteiger partial charge in [-0.2, -0.15) is 0 Å². The van der Waals surface area contributed by atoms with Gasteiger partial charge in [-0.15, -0.1) is 0 Å². The fourth-order valence-corrected chi connectivity index (χ4v) is 14.0. The zero-order chi connectivity index (χ0) is 36.6. The highest BCUT2D eigenvalue weighted by atomic mass is 35.5. The minimum atomic E-state index is -0.758. The Morgan fingerprint density at radius 3 is 2.33 bits per heavy atom. The maximum absolute atomic E-state index is 13.9. The Kier molecular flexibility index (Phi) is 9.71. The Balaban J connectivity index is 1.07. The number of carbonyl (C=O) groups is 4. The van der Waals surface area contributed by atoms with Gasteiger partial charge >= 0.3 is 5.97 Å². The van der Waals surface area contributed by atoms with Crippen LogP contribution in [0.2, 0.25) is 5.02 Å². The number of halogens is 1. The van der Waals surface area contributed by atoms with Crippen molar-refractivity contribution in [3.8, 4) is 0 Å². The monoisotopic (exact) mass is 717 g/mol. The summed E-state index contributed by atoms with van der Waals surface area (Å²) in [6, 6.07) is 7.08. The predicted molar refractivity (Wildman–Crippen MR) is 200 cm³/mol. The Bertz CT molecular complexity index is 1630. The molecule has 0 spiro atoms. The van der Waals surface area contributed by atoms with Crippen LogP contribution in [0, 0.1) is 75.4 Å². The molecule has 12 atom stereocenters. The number of rotatable bonds is 9. The van der Waals surface area contributed by atoms with Crippen LogP contribution >= 0.6 is 11.6 Å². The molecule has 1 amide bonds. The Morgan fingerprint density at radius 1 is 0.941 bits per heavy atom. The van der Waals surface area contributed by atoms with E-state index < -0.39 is 5.97 Å². The fourth-order valence-electron chi connectivity index (χ4n) is 13.8. The first-order valence-electron chi connectivity index (χ1n) is 20.2. The summed E-state index contributed by atoms with van der Waals surface area (Å²) in [6.07, 6.45) is 11.7. The van der Waals surface area contributed by atoms with Gasteiger partial charge in [0.2, 0.25) is 0 Å². The maximum Gasteiger partial charge on any atom is 0.306 e. The van der Waals surface area contributed by atoms with E-state index in [9.17, 15) is 24.3 Å². The summed E-state index contributed by atoms with van der Waals surface area (Å²) in [5, 5.41) is 13.2. The lowest BCUT2D eigenvalue weighted by Crippen LogP contribution is -2.60. The summed E-state index contributed by atoms with van der Waals surface area (Å²) >= 11 is 6.16. The smallest absolute Gasteiger partial charge is 0.306 e. The lowest BCUT2D eigenvalue weighted by Gasteiger charge is -2.67. The van der Waals surface area contributed by atoms with E-state index >= 15 is 0 Å². The van der Waals surface area contributed by atoms with Crippen LogP contribution in [0.3, 0.4) is 0 Å². The van der Waals surface area contributed by atoms with Crippen molar-refractivity contribution in [3.63, 3.8) is 0 Å². The standard InChI is InChI=1S/C44H60ClNO5/c1-24(2)38-36(48)23-44(18-19-46-40(49)28-8-7-9-29(45)20-28)17-14-34-30(39(38)44)10-11-37-42(5)15-12-27(25(3)33(42)13-16-43(34,37)6)21-35(47)31-22-32(26(31)4)41(50)51/h7-9,20,24-27,30-34,37H,10-19,21-23H2,1-6H3,(H,46,49)(H,50,51). The van der Waals surface area contributed by atoms with E-state index in [1.54, 1.807) is 24.3 Å². The average molecular weight is 718 g/mol. The molecule has 12 unspecified atom stereocenters. The molecular formula is C44H60ClNO5. The summed E-state index contributed by atoms with van der Waals surface area (Å²) < 4.78 is 0. The second-order valence-electron chi connectivity index (χ2n) is 18.9. The van der Waals surface area contributed by atoms with Gasteiger partial charge < -0.3 is 10.4 Å². The van der Waals surface area contributed by atoms with Gasteiger partial charge in [-0.1, -0.05) is 64.8 Å². The fraction of sp³-hybridized carbons (Fsp3) is 0.727. The van der Waals surface area contributed by atoms with Crippen molar-refractivity contribution >= 4 is 35.0 Å². The minimum Gasteiger partial charge on any atom is -0.481 e. The third-order valence-corrected chi connectivity index (χ3v) is 16.7. The van der Waals surface area contributed by atoms with Gasteiger partial charge in [0.1, 0.15) is 5.78 Å². The predicted octanol–water partition coefficient (Wildman–Crippen LogP) is 9.59. The van der Waals surface area contributed by atoms with Crippen molar-refractivity contribution in [1.82, 2.24) is 5.32 Å². The van der Waals surface area contributed by atoms with Crippen molar-refractivity contribution in [3.05, 3.63) is 46.0 Å². The summed E-state index contributed by atoms with van der Waals surface area (Å²) in [6.45, 7) is 14.5. The second kappa shape index (κ2) is 13.4. The summed E-state index contributed by atoms with van der Waals surface area (Å²) in [7, 11) is 0. The number of hydrogen-bond donors (Lipinski definition) is 2. The summed E-state index contributed by atoms with van der Waals surface area (Å²) in [4.78, 5) is 51.9. The molecule has 5 saturated carbocycles. The zero-order valence-corrected chi connectivity index (χ0v) is 32.5. The van der Waals surface area contributed by atoms with Gasteiger partial charge in [0, 0.05) is 41.3 Å². The van der Waals surface area contributed by atoms with Gasteiger partial charge in [0.05, 0.1) is 5.92 Å². The second-order valence-corrected chi connectivity index (χ2v) is 19.3. The number of carbonyl (C=O) groups excluding carboxylic acids is 3. The van der Waals surface area contributed by atoms with E-state index in [0.29, 0.717) is 83.5 Å².